The third kappa shape index (κ3) is 16.0. The highest BCUT2D eigenvalue weighted by Crippen LogP contribution is 2.28. The van der Waals surface area contributed by atoms with E-state index in [4.69, 9.17) is 18.9 Å². The Morgan fingerprint density at radius 2 is 1.07 bits per heavy atom. The van der Waals surface area contributed by atoms with Gasteiger partial charge in [-0.15, -0.1) is 0 Å². The lowest BCUT2D eigenvalue weighted by Gasteiger charge is -2.21. The van der Waals surface area contributed by atoms with Gasteiger partial charge in [-0.05, 0) is 99.0 Å². The first-order chi connectivity index (χ1) is 21.0. The summed E-state index contributed by atoms with van der Waals surface area (Å²) in [6.07, 6.45) is 17.6. The van der Waals surface area contributed by atoms with Crippen LogP contribution in [0.5, 0.6) is 0 Å². The molecule has 0 aromatic carbocycles. The van der Waals surface area contributed by atoms with E-state index in [1.807, 2.05) is 0 Å². The van der Waals surface area contributed by atoms with Gasteiger partial charge in [0, 0.05) is 0 Å². The van der Waals surface area contributed by atoms with E-state index in [2.05, 4.69) is 52.0 Å². The van der Waals surface area contributed by atoms with Crippen LogP contribution in [0.25, 0.3) is 0 Å². The molecule has 0 amide bonds. The van der Waals surface area contributed by atoms with E-state index in [-0.39, 0.29) is 63.3 Å². The van der Waals surface area contributed by atoms with Gasteiger partial charge in [0.1, 0.15) is 26.4 Å². The molecule has 0 aliphatic heterocycles. The molecule has 9 heteroatoms. The SMILES string of the molecule is CC(C)=CCCC1=CCC(C(=O)OCCOC(=O)CN(C)CC(=O)OCCOC(=O)C2CC=C(CCC=C(C)C)CC2)CC1. The minimum Gasteiger partial charge on any atom is -0.462 e. The van der Waals surface area contributed by atoms with Crippen molar-refractivity contribution in [1.82, 2.24) is 4.90 Å². The molecule has 2 aliphatic carbocycles. The summed E-state index contributed by atoms with van der Waals surface area (Å²) in [7, 11) is 1.59. The first-order valence-electron chi connectivity index (χ1n) is 16.0. The first-order valence-corrected chi connectivity index (χ1v) is 16.0. The Balaban J connectivity index is 1.50. The molecule has 0 aromatic heterocycles. The van der Waals surface area contributed by atoms with Crippen LogP contribution in [-0.2, 0) is 38.1 Å². The number of nitrogens with zero attached hydrogens (tertiary/aromatic N) is 1. The monoisotopic (exact) mass is 615 g/mol. The number of carbonyl (C=O) groups is 4. The smallest absolute Gasteiger partial charge is 0.320 e. The van der Waals surface area contributed by atoms with Crippen LogP contribution in [0.1, 0.15) is 91.9 Å². The van der Waals surface area contributed by atoms with Crippen molar-refractivity contribution in [2.45, 2.75) is 91.9 Å². The molecule has 246 valence electrons. The number of carbonyl (C=O) groups excluding carboxylic acids is 4. The topological polar surface area (TPSA) is 108 Å². The highest BCUT2D eigenvalue weighted by molar-refractivity contribution is 5.75. The maximum atomic E-state index is 12.3. The van der Waals surface area contributed by atoms with E-state index in [1.165, 1.54) is 27.2 Å². The van der Waals surface area contributed by atoms with Gasteiger partial charge in [-0.2, -0.15) is 0 Å². The maximum Gasteiger partial charge on any atom is 0.320 e. The van der Waals surface area contributed by atoms with Gasteiger partial charge in [-0.25, -0.2) is 0 Å². The number of likely N-dealkylation sites (N-methyl/N-ethyl adjacent to an activating group) is 1. The molecule has 2 aliphatic rings. The van der Waals surface area contributed by atoms with Gasteiger partial charge in [0.2, 0.25) is 0 Å². The average Bonchev–Trinajstić information content (AvgIpc) is 2.97. The normalized spacial score (nSPS) is 18.0. The van der Waals surface area contributed by atoms with Crippen LogP contribution < -0.4 is 0 Å². The van der Waals surface area contributed by atoms with Crippen molar-refractivity contribution >= 4 is 23.9 Å². The Morgan fingerprint density at radius 3 is 1.41 bits per heavy atom. The van der Waals surface area contributed by atoms with Gasteiger partial charge in [-0.3, -0.25) is 24.1 Å². The molecule has 44 heavy (non-hydrogen) atoms. The lowest BCUT2D eigenvalue weighted by molar-refractivity contribution is -0.157. The van der Waals surface area contributed by atoms with Gasteiger partial charge in [0.05, 0.1) is 24.9 Å². The molecule has 0 fully saturated rings. The van der Waals surface area contributed by atoms with Crippen LogP contribution >= 0.6 is 0 Å². The molecule has 0 aromatic rings. The van der Waals surface area contributed by atoms with Crippen molar-refractivity contribution in [3.63, 3.8) is 0 Å². The fourth-order valence-electron chi connectivity index (χ4n) is 5.17. The van der Waals surface area contributed by atoms with Gasteiger partial charge in [0.25, 0.3) is 0 Å². The summed E-state index contributed by atoms with van der Waals surface area (Å²) >= 11 is 0. The standard InChI is InChI=1S/C35H53NO8/c1-26(2)8-6-10-28-12-16-30(17-13-28)34(39)43-22-20-41-32(37)24-36(5)25-33(38)42-21-23-44-35(40)31-18-14-29(15-19-31)11-7-9-27(3)4/h8-9,12,14,30-31H,6-7,10-11,13,15-25H2,1-5H3. The lowest BCUT2D eigenvalue weighted by Crippen LogP contribution is -2.34. The quantitative estimate of drug-likeness (QED) is 0.0789. The minimum absolute atomic E-state index is 0.00270. The largest absolute Gasteiger partial charge is 0.462 e. The van der Waals surface area contributed by atoms with Crippen molar-refractivity contribution < 1.29 is 38.1 Å². The lowest BCUT2D eigenvalue weighted by atomic mass is 9.88. The zero-order valence-electron chi connectivity index (χ0n) is 27.5. The van der Waals surface area contributed by atoms with Crippen LogP contribution in [0.2, 0.25) is 0 Å². The van der Waals surface area contributed by atoms with E-state index in [0.717, 1.165) is 51.4 Å². The molecule has 2 rings (SSSR count). The molecule has 2 unspecified atom stereocenters. The van der Waals surface area contributed by atoms with Crippen molar-refractivity contribution in [2.24, 2.45) is 11.8 Å². The van der Waals surface area contributed by atoms with Crippen molar-refractivity contribution in [3.05, 3.63) is 46.6 Å². The Bertz CT molecular complexity index is 994. The number of allylic oxidation sites excluding steroid dienone is 8. The van der Waals surface area contributed by atoms with Crippen molar-refractivity contribution in [1.29, 1.82) is 0 Å². The van der Waals surface area contributed by atoms with Crippen LogP contribution in [0.4, 0.5) is 0 Å². The first kappa shape index (κ1) is 37.0. The van der Waals surface area contributed by atoms with Crippen molar-refractivity contribution in [3.8, 4) is 0 Å². The fourth-order valence-corrected chi connectivity index (χ4v) is 5.17. The second-order valence-electron chi connectivity index (χ2n) is 12.3. The number of esters is 4. The van der Waals surface area contributed by atoms with Crippen LogP contribution in [-0.4, -0.2) is 75.3 Å². The molecule has 0 bridgehead atoms. The van der Waals surface area contributed by atoms with Crippen LogP contribution in [0.3, 0.4) is 0 Å². The third-order valence-corrected chi connectivity index (χ3v) is 7.69. The van der Waals surface area contributed by atoms with Crippen LogP contribution in [0.15, 0.2) is 46.6 Å². The third-order valence-electron chi connectivity index (χ3n) is 7.69. The summed E-state index contributed by atoms with van der Waals surface area (Å²) in [5.41, 5.74) is 5.42. The maximum absolute atomic E-state index is 12.3. The van der Waals surface area contributed by atoms with E-state index < -0.39 is 11.9 Å². The van der Waals surface area contributed by atoms with Crippen molar-refractivity contribution in [2.75, 3.05) is 46.6 Å². The van der Waals surface area contributed by atoms with Crippen LogP contribution in [0, 0.1) is 11.8 Å². The molecule has 0 spiro atoms. The Kier molecular flexibility index (Phi) is 17.4. The predicted octanol–water partition coefficient (Wildman–Crippen LogP) is 6.04. The molecule has 0 saturated heterocycles. The van der Waals surface area contributed by atoms with Gasteiger partial charge < -0.3 is 18.9 Å². The molecular weight excluding hydrogens is 562 g/mol. The van der Waals surface area contributed by atoms with Gasteiger partial charge >= 0.3 is 23.9 Å². The number of ether oxygens (including phenoxy) is 4. The van der Waals surface area contributed by atoms with Gasteiger partial charge in [0.15, 0.2) is 0 Å². The fraction of sp³-hybridized carbons (Fsp3) is 0.657. The van der Waals surface area contributed by atoms with Gasteiger partial charge in [-0.1, -0.05) is 46.6 Å². The zero-order valence-corrected chi connectivity index (χ0v) is 27.5. The Morgan fingerprint density at radius 1 is 0.682 bits per heavy atom. The summed E-state index contributed by atoms with van der Waals surface area (Å²) in [5, 5.41) is 0. The molecule has 9 nitrogen and oxygen atoms in total. The molecule has 2 atom stereocenters. The second kappa shape index (κ2) is 20.7. The highest BCUT2D eigenvalue weighted by Gasteiger charge is 2.24. The number of hydrogen-bond donors (Lipinski definition) is 0. The Hall–Kier alpha value is -3.20. The molecule has 0 heterocycles. The second-order valence-corrected chi connectivity index (χ2v) is 12.3. The highest BCUT2D eigenvalue weighted by atomic mass is 16.6. The van der Waals surface area contributed by atoms with E-state index in [0.29, 0.717) is 12.8 Å². The summed E-state index contributed by atoms with van der Waals surface area (Å²) in [4.78, 5) is 50.4. The minimum atomic E-state index is -0.534. The molecule has 0 N–H and O–H groups in total. The number of hydrogen-bond acceptors (Lipinski definition) is 9. The number of rotatable bonds is 18. The molecule has 0 saturated carbocycles. The summed E-state index contributed by atoms with van der Waals surface area (Å²) in [6.45, 7) is 8.05. The van der Waals surface area contributed by atoms with E-state index in [1.54, 1.807) is 7.05 Å². The average molecular weight is 616 g/mol. The Labute approximate surface area is 263 Å². The zero-order chi connectivity index (χ0) is 32.3. The summed E-state index contributed by atoms with van der Waals surface area (Å²) < 4.78 is 20.9. The summed E-state index contributed by atoms with van der Waals surface area (Å²) in [6, 6.07) is 0. The predicted molar refractivity (Wildman–Crippen MR) is 170 cm³/mol. The molecule has 0 radical (unpaired) electrons. The van der Waals surface area contributed by atoms with E-state index >= 15 is 0 Å². The van der Waals surface area contributed by atoms with E-state index in [9.17, 15) is 19.2 Å². The summed E-state index contributed by atoms with van der Waals surface area (Å²) in [5.74, 6) is -1.90. The molecular formula is C35H53NO8.